The van der Waals surface area contributed by atoms with E-state index in [1.54, 1.807) is 85.4 Å². The van der Waals surface area contributed by atoms with Gasteiger partial charge >= 0.3 is 5.97 Å². The highest BCUT2D eigenvalue weighted by molar-refractivity contribution is 9.11. The molecule has 0 radical (unpaired) electrons. The molecule has 21 nitrogen and oxygen atoms in total. The number of nitrogens with one attached hydrogen (secondary N) is 1. The van der Waals surface area contributed by atoms with Crippen molar-refractivity contribution < 1.29 is 52.3 Å². The fourth-order valence-electron chi connectivity index (χ4n) is 7.59. The Balaban J connectivity index is 0.000000168. The number of carboxylic acids is 1. The Hall–Kier alpha value is -8.16. The van der Waals surface area contributed by atoms with Gasteiger partial charge in [0.25, 0.3) is 23.6 Å². The number of benzene rings is 2. The third kappa shape index (κ3) is 17.4. The second kappa shape index (κ2) is 31.5. The topological polar surface area (TPSA) is 290 Å². The highest BCUT2D eigenvalue weighted by Crippen LogP contribution is 2.35. The quantitative estimate of drug-likeness (QED) is 0.0827. The van der Waals surface area contributed by atoms with E-state index in [2.05, 4.69) is 73.7 Å². The molecule has 90 heavy (non-hydrogen) atoms. The van der Waals surface area contributed by atoms with E-state index in [1.165, 1.54) is 65.4 Å². The monoisotopic (exact) mass is 1500 g/mol. The van der Waals surface area contributed by atoms with Crippen LogP contribution in [0.1, 0.15) is 105 Å². The number of carbonyl (C=O) groups excluding carboxylic acids is 4. The maximum atomic E-state index is 13.0. The molecule has 29 heteroatoms. The molecule has 11 aromatic rings. The number of aliphatic imine (C=N–C) groups is 1. The molecule has 5 N–H and O–H groups in total. The summed E-state index contributed by atoms with van der Waals surface area (Å²) in [6.07, 6.45) is 0. The van der Waals surface area contributed by atoms with E-state index < -0.39 is 5.97 Å². The number of hydrogen-bond donors (Lipinski definition) is 4. The van der Waals surface area contributed by atoms with Crippen molar-refractivity contribution in [2.45, 2.75) is 55.4 Å². The van der Waals surface area contributed by atoms with Crippen LogP contribution in [0.15, 0.2) is 148 Å². The Kier molecular flexibility index (Phi) is 24.3. The molecule has 0 bridgehead atoms. The van der Waals surface area contributed by atoms with E-state index in [1.807, 2.05) is 97.6 Å². The molecule has 0 aliphatic carbocycles. The number of amides is 4. The number of anilines is 5. The molecular formula is C61H57Br3N10O11S5. The second-order valence-electron chi connectivity index (χ2n) is 19.3. The molecule has 2 aromatic carbocycles. The van der Waals surface area contributed by atoms with E-state index >= 15 is 0 Å². The number of hydrogen-bond acceptors (Lipinski definition) is 21. The summed E-state index contributed by atoms with van der Waals surface area (Å²) in [5.74, 6) is 2.66. The van der Waals surface area contributed by atoms with E-state index in [4.69, 9.17) is 33.9 Å². The number of nitrogen functional groups attached to an aromatic ring is 1. The van der Waals surface area contributed by atoms with Crippen molar-refractivity contribution in [1.82, 2.24) is 20.6 Å². The fraction of sp³-hybridized carbons (Fsp3) is 0.180. The van der Waals surface area contributed by atoms with Crippen LogP contribution in [0.25, 0.3) is 0 Å². The van der Waals surface area contributed by atoms with Crippen molar-refractivity contribution in [3.05, 3.63) is 206 Å². The maximum Gasteiger partial charge on any atom is 0.346 e. The van der Waals surface area contributed by atoms with Gasteiger partial charge in [0.2, 0.25) is 0 Å². The summed E-state index contributed by atoms with van der Waals surface area (Å²) in [6, 6.07) is 26.9. The molecule has 0 saturated carbocycles. The van der Waals surface area contributed by atoms with Gasteiger partial charge in [-0.3, -0.25) is 33.9 Å². The van der Waals surface area contributed by atoms with Crippen LogP contribution in [0.3, 0.4) is 0 Å². The lowest BCUT2D eigenvalue weighted by atomic mass is 10.0. The summed E-state index contributed by atoms with van der Waals surface area (Å²) < 4.78 is 22.6. The zero-order valence-corrected chi connectivity index (χ0v) is 58.7. The number of rotatable bonds is 12. The zero-order chi connectivity index (χ0) is 65.7. The highest BCUT2D eigenvalue weighted by atomic mass is 79.9. The van der Waals surface area contributed by atoms with Crippen LogP contribution in [-0.4, -0.2) is 87.3 Å². The standard InChI is InChI=1S/C24H21N3O2S.C11H11BrN2O2S.C10H9BrN2O2S.C10H11N3O3S.C6H5BrO2S/c1-16-14-21(26-29-16)27(3)24(28)23-17(2)20(15-30-23)25-22(18-10-6-4-7-11-18)19-12-8-5-9-13-19;1-6-4-9(13-16-6)14(3)11(15)10-7(2)8(12)5-17-10;1-5-3-8(13-15-5)12-10(14)9-6(2)7(11)4-16-9;1-5-3-7(12-16-5)13(2)10(15)9-8(14)6(11)4-17-9;1-3-4(7)2-10-5(3)6(8)9/h4-15H,1-3H3;4-5H,1-3H3;3-4H,1-2H3,(H,12,13,14);3-4,14H,11H2,1-2H3;2H,1H3,(H,8,9). The normalized spacial score (nSPS) is 10.5. The van der Waals surface area contributed by atoms with Gasteiger partial charge in [-0.25, -0.2) is 9.79 Å². The minimum absolute atomic E-state index is 0.0773. The highest BCUT2D eigenvalue weighted by Gasteiger charge is 2.25. The molecule has 4 amide bonds. The SMILES string of the molecule is Cc1c(Br)csc1C(=O)O.Cc1cc(N(C)C(=O)c2scc(Br)c2C)no1.Cc1cc(N(C)C(=O)c2scc(N)c2O)no1.Cc1cc(N(C)C(=O)c2scc(N=C(c3ccccc3)c3ccccc3)c2C)no1.Cc1cc(NC(=O)c2scc(Br)c2C)no1. The Bertz CT molecular complexity index is 4190. The summed E-state index contributed by atoms with van der Waals surface area (Å²) in [5, 5.41) is 45.0. The first-order valence-electron chi connectivity index (χ1n) is 26.4. The Labute approximate surface area is 561 Å². The minimum Gasteiger partial charge on any atom is -0.504 e. The number of halogens is 3. The zero-order valence-electron chi connectivity index (χ0n) is 49.9. The number of aromatic carboxylic acids is 1. The van der Waals surface area contributed by atoms with E-state index in [-0.39, 0.29) is 39.9 Å². The number of aromatic nitrogens is 4. The van der Waals surface area contributed by atoms with E-state index in [9.17, 15) is 29.1 Å². The van der Waals surface area contributed by atoms with Crippen LogP contribution in [0.4, 0.5) is 34.6 Å². The first-order valence-corrected chi connectivity index (χ1v) is 33.2. The molecule has 0 saturated heterocycles. The lowest BCUT2D eigenvalue weighted by Crippen LogP contribution is -2.26. The summed E-state index contributed by atoms with van der Waals surface area (Å²) in [5.41, 5.74) is 12.9. The van der Waals surface area contributed by atoms with Crippen LogP contribution in [-0.2, 0) is 0 Å². The van der Waals surface area contributed by atoms with Gasteiger partial charge in [0, 0.05) is 96.9 Å². The van der Waals surface area contributed by atoms with Crippen LogP contribution >= 0.6 is 104 Å². The molecular weight excluding hydrogens is 1450 g/mol. The third-order valence-electron chi connectivity index (χ3n) is 12.7. The summed E-state index contributed by atoms with van der Waals surface area (Å²) in [7, 11) is 4.93. The van der Waals surface area contributed by atoms with Crippen LogP contribution in [0.5, 0.6) is 5.75 Å². The minimum atomic E-state index is -0.854. The number of nitrogens with zero attached hydrogens (tertiary/aromatic N) is 8. The Morgan fingerprint density at radius 3 is 1.21 bits per heavy atom. The average Bonchev–Trinajstić information content (AvgIpc) is 1.85. The average molecular weight is 1510 g/mol. The molecule has 0 aliphatic rings. The van der Waals surface area contributed by atoms with Gasteiger partial charge in [-0.1, -0.05) is 81.3 Å². The number of thiophene rings is 5. The van der Waals surface area contributed by atoms with Gasteiger partial charge in [-0.2, -0.15) is 0 Å². The van der Waals surface area contributed by atoms with E-state index in [0.717, 1.165) is 69.5 Å². The van der Waals surface area contributed by atoms with Crippen LogP contribution in [0, 0.1) is 55.4 Å². The number of aryl methyl sites for hydroxylation is 4. The lowest BCUT2D eigenvalue weighted by molar-refractivity contribution is 0.0700. The summed E-state index contributed by atoms with van der Waals surface area (Å²) >= 11 is 16.5. The molecule has 11 rings (SSSR count). The van der Waals surface area contributed by atoms with Crippen molar-refractivity contribution in [2.75, 3.05) is 46.9 Å². The molecule has 9 heterocycles. The number of carboxylic acid groups (broad SMARTS) is 1. The first-order chi connectivity index (χ1) is 42.7. The summed E-state index contributed by atoms with van der Waals surface area (Å²) in [6.45, 7) is 14.6. The van der Waals surface area contributed by atoms with Gasteiger partial charge in [0.1, 0.15) is 32.8 Å². The molecule has 0 aliphatic heterocycles. The van der Waals surface area contributed by atoms with Crippen molar-refractivity contribution in [1.29, 1.82) is 0 Å². The van der Waals surface area contributed by atoms with E-state index in [0.29, 0.717) is 65.8 Å². The summed E-state index contributed by atoms with van der Waals surface area (Å²) in [4.78, 5) is 71.4. The van der Waals surface area contributed by atoms with Gasteiger partial charge in [0.05, 0.1) is 31.7 Å². The predicted octanol–water partition coefficient (Wildman–Crippen LogP) is 16.7. The smallest absolute Gasteiger partial charge is 0.346 e. The van der Waals surface area contributed by atoms with Crippen molar-refractivity contribution >= 4 is 174 Å². The van der Waals surface area contributed by atoms with Gasteiger partial charge < -0.3 is 39.4 Å². The van der Waals surface area contributed by atoms with Crippen molar-refractivity contribution in [3.8, 4) is 5.75 Å². The van der Waals surface area contributed by atoms with Crippen molar-refractivity contribution in [3.63, 3.8) is 0 Å². The number of nitrogens with two attached hydrogens (primary N) is 1. The second-order valence-corrected chi connectivity index (χ2v) is 26.3. The largest absolute Gasteiger partial charge is 0.504 e. The lowest BCUT2D eigenvalue weighted by Gasteiger charge is -2.13. The first kappa shape index (κ1) is 69.3. The molecule has 9 aromatic heterocycles. The van der Waals surface area contributed by atoms with Crippen LogP contribution < -0.4 is 25.8 Å². The molecule has 468 valence electrons. The Morgan fingerprint density at radius 1 is 0.500 bits per heavy atom. The number of carbonyl (C=O) groups is 5. The van der Waals surface area contributed by atoms with Gasteiger partial charge in [-0.15, -0.1) is 56.7 Å². The van der Waals surface area contributed by atoms with Crippen LogP contribution in [0.2, 0.25) is 0 Å². The maximum absolute atomic E-state index is 13.0. The Morgan fingerprint density at radius 2 is 0.867 bits per heavy atom. The predicted molar refractivity (Wildman–Crippen MR) is 366 cm³/mol. The molecule has 0 fully saturated rings. The third-order valence-corrected chi connectivity index (χ3v) is 21.3. The molecule has 0 atom stereocenters. The van der Waals surface area contributed by atoms with Gasteiger partial charge in [0.15, 0.2) is 29.0 Å². The van der Waals surface area contributed by atoms with Crippen molar-refractivity contribution in [2.24, 2.45) is 4.99 Å². The molecule has 0 spiro atoms. The molecule has 0 unspecified atom stereocenters. The fourth-order valence-corrected chi connectivity index (χ4v) is 13.8. The van der Waals surface area contributed by atoms with Gasteiger partial charge in [-0.05, 0) is 125 Å². The number of aromatic hydroxyl groups is 1.